The summed E-state index contributed by atoms with van der Waals surface area (Å²) in [5, 5.41) is 7.70. The second-order valence-electron chi connectivity index (χ2n) is 4.80. The highest BCUT2D eigenvalue weighted by Gasteiger charge is 2.10. The first-order valence-electron chi connectivity index (χ1n) is 6.88. The normalized spacial score (nSPS) is 11.7. The van der Waals surface area contributed by atoms with Crippen LogP contribution in [0.5, 0.6) is 0 Å². The fraction of sp³-hybridized carbons (Fsp3) is 0.250. The molecule has 116 valence electrons. The first kappa shape index (κ1) is 16.6. The standard InChI is InChI=1S/C16H18N2O2S2/c1-11(15-4-3-9-21-15)17-16(20)10-22-14-7-5-13(6-8-14)18-12(2)19/h3-9,11H,10H2,1-2H3,(H,17,20)(H,18,19). The van der Waals surface area contributed by atoms with E-state index in [0.29, 0.717) is 5.75 Å². The van der Waals surface area contributed by atoms with Crippen LogP contribution in [0.25, 0.3) is 0 Å². The maximum atomic E-state index is 12.0. The Bertz CT molecular complexity index is 624. The maximum Gasteiger partial charge on any atom is 0.230 e. The molecule has 0 aliphatic carbocycles. The van der Waals surface area contributed by atoms with E-state index < -0.39 is 0 Å². The largest absolute Gasteiger partial charge is 0.348 e. The third-order valence-electron chi connectivity index (χ3n) is 2.89. The van der Waals surface area contributed by atoms with E-state index in [9.17, 15) is 9.59 Å². The van der Waals surface area contributed by atoms with Crippen molar-refractivity contribution in [1.29, 1.82) is 0 Å². The topological polar surface area (TPSA) is 58.2 Å². The predicted octanol–water partition coefficient (Wildman–Crippen LogP) is 3.68. The van der Waals surface area contributed by atoms with Crippen molar-refractivity contribution in [2.75, 3.05) is 11.1 Å². The summed E-state index contributed by atoms with van der Waals surface area (Å²) in [4.78, 5) is 25.0. The average molecular weight is 334 g/mol. The lowest BCUT2D eigenvalue weighted by Crippen LogP contribution is -2.27. The summed E-state index contributed by atoms with van der Waals surface area (Å²) in [5.74, 6) is 0.286. The fourth-order valence-electron chi connectivity index (χ4n) is 1.88. The van der Waals surface area contributed by atoms with Gasteiger partial charge in [-0.15, -0.1) is 23.1 Å². The number of carbonyl (C=O) groups excluding carboxylic acids is 2. The van der Waals surface area contributed by atoms with Crippen LogP contribution >= 0.6 is 23.1 Å². The molecule has 0 aliphatic heterocycles. The van der Waals surface area contributed by atoms with Gasteiger partial charge in [0.1, 0.15) is 0 Å². The van der Waals surface area contributed by atoms with Crippen LogP contribution in [0.4, 0.5) is 5.69 Å². The predicted molar refractivity (Wildman–Crippen MR) is 92.3 cm³/mol. The maximum absolute atomic E-state index is 12.0. The van der Waals surface area contributed by atoms with Crippen molar-refractivity contribution >= 4 is 40.6 Å². The lowest BCUT2D eigenvalue weighted by atomic mass is 10.3. The number of rotatable bonds is 6. The Morgan fingerprint density at radius 2 is 1.95 bits per heavy atom. The van der Waals surface area contributed by atoms with E-state index in [1.54, 1.807) is 11.3 Å². The number of thiophene rings is 1. The number of carbonyl (C=O) groups is 2. The van der Waals surface area contributed by atoms with Crippen LogP contribution in [0.2, 0.25) is 0 Å². The molecule has 6 heteroatoms. The lowest BCUT2D eigenvalue weighted by Gasteiger charge is -2.12. The zero-order chi connectivity index (χ0) is 15.9. The highest BCUT2D eigenvalue weighted by Crippen LogP contribution is 2.21. The third-order valence-corrected chi connectivity index (χ3v) is 4.96. The Morgan fingerprint density at radius 1 is 1.23 bits per heavy atom. The first-order valence-corrected chi connectivity index (χ1v) is 8.74. The Morgan fingerprint density at radius 3 is 2.55 bits per heavy atom. The van der Waals surface area contributed by atoms with Gasteiger partial charge in [0.2, 0.25) is 11.8 Å². The number of thioether (sulfide) groups is 1. The first-order chi connectivity index (χ1) is 10.5. The monoisotopic (exact) mass is 334 g/mol. The van der Waals surface area contributed by atoms with Crippen molar-refractivity contribution in [2.24, 2.45) is 0 Å². The van der Waals surface area contributed by atoms with Gasteiger partial charge in [0, 0.05) is 22.4 Å². The minimum absolute atomic E-state index is 0.0110. The fourth-order valence-corrected chi connectivity index (χ4v) is 3.32. The van der Waals surface area contributed by atoms with Crippen molar-refractivity contribution in [3.8, 4) is 0 Å². The zero-order valence-electron chi connectivity index (χ0n) is 12.5. The summed E-state index contributed by atoms with van der Waals surface area (Å²) < 4.78 is 0. The van der Waals surface area contributed by atoms with Crippen LogP contribution < -0.4 is 10.6 Å². The minimum atomic E-state index is -0.0951. The van der Waals surface area contributed by atoms with Crippen LogP contribution in [-0.4, -0.2) is 17.6 Å². The number of nitrogens with one attached hydrogen (secondary N) is 2. The van der Waals surface area contributed by atoms with Crippen molar-refractivity contribution in [2.45, 2.75) is 24.8 Å². The minimum Gasteiger partial charge on any atom is -0.348 e. The number of hydrogen-bond donors (Lipinski definition) is 2. The van der Waals surface area contributed by atoms with Crippen LogP contribution in [0.3, 0.4) is 0 Å². The summed E-state index contributed by atoms with van der Waals surface area (Å²) in [6, 6.07) is 11.5. The Labute approximate surface area is 138 Å². The molecule has 1 aromatic heterocycles. The van der Waals surface area contributed by atoms with Gasteiger partial charge in [-0.3, -0.25) is 9.59 Å². The third kappa shape index (κ3) is 5.20. The second kappa shape index (κ2) is 8.00. The zero-order valence-corrected chi connectivity index (χ0v) is 14.1. The summed E-state index contributed by atoms with van der Waals surface area (Å²) >= 11 is 3.11. The molecule has 1 aromatic carbocycles. The molecule has 22 heavy (non-hydrogen) atoms. The van der Waals surface area contributed by atoms with Gasteiger partial charge in [-0.2, -0.15) is 0 Å². The van der Waals surface area contributed by atoms with E-state index in [1.807, 2.05) is 48.7 Å². The van der Waals surface area contributed by atoms with Crippen molar-refractivity contribution in [1.82, 2.24) is 5.32 Å². The van der Waals surface area contributed by atoms with Crippen molar-refractivity contribution in [3.05, 3.63) is 46.7 Å². The molecule has 0 saturated carbocycles. The van der Waals surface area contributed by atoms with E-state index in [4.69, 9.17) is 0 Å². The van der Waals surface area contributed by atoms with Gasteiger partial charge < -0.3 is 10.6 Å². The molecule has 1 unspecified atom stereocenters. The molecule has 0 radical (unpaired) electrons. The SMILES string of the molecule is CC(=O)Nc1ccc(SCC(=O)NC(C)c2cccs2)cc1. The van der Waals surface area contributed by atoms with Gasteiger partial charge in [-0.05, 0) is 42.6 Å². The number of hydrogen-bond acceptors (Lipinski definition) is 4. The molecule has 0 bridgehead atoms. The van der Waals surface area contributed by atoms with Crippen LogP contribution in [0.15, 0.2) is 46.7 Å². The molecule has 2 aromatic rings. The molecule has 2 N–H and O–H groups in total. The van der Waals surface area contributed by atoms with Gasteiger partial charge in [-0.25, -0.2) is 0 Å². The van der Waals surface area contributed by atoms with Gasteiger partial charge in [0.15, 0.2) is 0 Å². The van der Waals surface area contributed by atoms with Gasteiger partial charge in [0.25, 0.3) is 0 Å². The van der Waals surface area contributed by atoms with Crippen LogP contribution in [0.1, 0.15) is 24.8 Å². The molecule has 0 aliphatic rings. The molecule has 1 atom stereocenters. The van der Waals surface area contributed by atoms with Crippen molar-refractivity contribution in [3.63, 3.8) is 0 Å². The van der Waals surface area contributed by atoms with E-state index in [-0.39, 0.29) is 17.9 Å². The molecule has 2 rings (SSSR count). The molecule has 0 saturated heterocycles. The molecule has 0 spiro atoms. The van der Waals surface area contributed by atoms with Gasteiger partial charge in [-0.1, -0.05) is 6.07 Å². The molecule has 2 amide bonds. The Balaban J connectivity index is 1.79. The molecule has 1 heterocycles. The molecule has 0 fully saturated rings. The summed E-state index contributed by atoms with van der Waals surface area (Å²) in [7, 11) is 0. The Kier molecular flexibility index (Phi) is 6.03. The van der Waals surface area contributed by atoms with Gasteiger partial charge >= 0.3 is 0 Å². The molecule has 4 nitrogen and oxygen atoms in total. The number of benzene rings is 1. The summed E-state index contributed by atoms with van der Waals surface area (Å²) in [6.07, 6.45) is 0. The number of anilines is 1. The lowest BCUT2D eigenvalue weighted by molar-refractivity contribution is -0.119. The highest BCUT2D eigenvalue weighted by atomic mass is 32.2. The van der Waals surface area contributed by atoms with Crippen LogP contribution in [-0.2, 0) is 9.59 Å². The summed E-state index contributed by atoms with van der Waals surface area (Å²) in [5.41, 5.74) is 0.757. The van der Waals surface area contributed by atoms with Crippen molar-refractivity contribution < 1.29 is 9.59 Å². The van der Waals surface area contributed by atoms with E-state index in [2.05, 4.69) is 10.6 Å². The average Bonchev–Trinajstić information content (AvgIpc) is 3.00. The van der Waals surface area contributed by atoms with E-state index in [0.717, 1.165) is 15.5 Å². The van der Waals surface area contributed by atoms with Gasteiger partial charge in [0.05, 0.1) is 11.8 Å². The van der Waals surface area contributed by atoms with E-state index in [1.165, 1.54) is 18.7 Å². The molecular formula is C16H18N2O2S2. The number of amides is 2. The van der Waals surface area contributed by atoms with E-state index >= 15 is 0 Å². The smallest absolute Gasteiger partial charge is 0.230 e. The highest BCUT2D eigenvalue weighted by molar-refractivity contribution is 8.00. The molecular weight excluding hydrogens is 316 g/mol. The van der Waals surface area contributed by atoms with Crippen LogP contribution in [0, 0.1) is 0 Å². The quantitative estimate of drug-likeness (QED) is 0.792. The second-order valence-corrected chi connectivity index (χ2v) is 6.83. The Hall–Kier alpha value is -1.79. The summed E-state index contributed by atoms with van der Waals surface area (Å²) in [6.45, 7) is 3.46.